The van der Waals surface area contributed by atoms with Crippen LogP contribution in [0.5, 0.6) is 0 Å². The summed E-state index contributed by atoms with van der Waals surface area (Å²) in [6.07, 6.45) is -2.97. The predicted octanol–water partition coefficient (Wildman–Crippen LogP) is 3.46. The second-order valence-electron chi connectivity index (χ2n) is 7.91. The van der Waals surface area contributed by atoms with E-state index >= 15 is 0 Å². The summed E-state index contributed by atoms with van der Waals surface area (Å²) in [4.78, 5) is 40.0. The summed E-state index contributed by atoms with van der Waals surface area (Å²) in [5, 5.41) is 0. The first-order valence-electron chi connectivity index (χ1n) is 10.4. The van der Waals surface area contributed by atoms with Crippen LogP contribution >= 0.6 is 0 Å². The van der Waals surface area contributed by atoms with Crippen molar-refractivity contribution >= 4 is 17.8 Å². The zero-order valence-electron chi connectivity index (χ0n) is 18.1. The van der Waals surface area contributed by atoms with Gasteiger partial charge in [-0.25, -0.2) is 0 Å². The number of esters is 1. The molecule has 1 heterocycles. The number of likely N-dealkylation sites (tertiary alicyclic amines) is 1. The molecule has 6 nitrogen and oxygen atoms in total. The van der Waals surface area contributed by atoms with Gasteiger partial charge in [0, 0.05) is 26.6 Å². The first-order chi connectivity index (χ1) is 14.5. The number of alkyl halides is 3. The Hall–Kier alpha value is -2.58. The Bertz CT molecular complexity index is 780. The Morgan fingerprint density at radius 1 is 1.23 bits per heavy atom. The fourth-order valence-electron chi connectivity index (χ4n) is 3.58. The first kappa shape index (κ1) is 24.7. The number of hydrogen-bond acceptors (Lipinski definition) is 4. The van der Waals surface area contributed by atoms with Gasteiger partial charge in [0.1, 0.15) is 0 Å². The fourth-order valence-corrected chi connectivity index (χ4v) is 3.58. The third-order valence-corrected chi connectivity index (χ3v) is 5.48. The van der Waals surface area contributed by atoms with Gasteiger partial charge in [0.05, 0.1) is 24.6 Å². The molecule has 0 radical (unpaired) electrons. The standard InChI is InChI=1S/C22H29F3N2O4/c1-4-31-21(30)17-6-5-11-27(13-17)20(29)14-26(3)19(28)12-15(2)16-7-9-18(10-8-16)22(23,24)25/h7-10,15,17H,4-6,11-14H2,1-3H3. The number of rotatable bonds is 7. The van der Waals surface area contributed by atoms with E-state index in [1.165, 1.54) is 24.1 Å². The van der Waals surface area contributed by atoms with E-state index in [4.69, 9.17) is 4.74 Å². The first-order valence-corrected chi connectivity index (χ1v) is 10.4. The van der Waals surface area contributed by atoms with Gasteiger partial charge in [-0.05, 0) is 43.4 Å². The highest BCUT2D eigenvalue weighted by molar-refractivity contribution is 5.85. The zero-order chi connectivity index (χ0) is 23.2. The molecule has 0 aromatic heterocycles. The Kier molecular flexibility index (Phi) is 8.47. The number of halogens is 3. The molecule has 172 valence electrons. The van der Waals surface area contributed by atoms with Crippen LogP contribution in [0, 0.1) is 5.92 Å². The summed E-state index contributed by atoms with van der Waals surface area (Å²) < 4.78 is 43.1. The van der Waals surface area contributed by atoms with Gasteiger partial charge < -0.3 is 14.5 Å². The van der Waals surface area contributed by atoms with E-state index < -0.39 is 11.7 Å². The van der Waals surface area contributed by atoms with E-state index in [1.807, 2.05) is 0 Å². The summed E-state index contributed by atoms with van der Waals surface area (Å²) in [6.45, 7) is 4.47. The van der Waals surface area contributed by atoms with Crippen molar-refractivity contribution in [1.82, 2.24) is 9.80 Å². The van der Waals surface area contributed by atoms with E-state index in [0.717, 1.165) is 12.1 Å². The molecule has 1 aliphatic heterocycles. The quantitative estimate of drug-likeness (QED) is 0.607. The maximum Gasteiger partial charge on any atom is 0.416 e. The van der Waals surface area contributed by atoms with Crippen LogP contribution in [0.4, 0.5) is 13.2 Å². The lowest BCUT2D eigenvalue weighted by Crippen LogP contribution is -2.47. The Morgan fingerprint density at radius 2 is 1.87 bits per heavy atom. The van der Waals surface area contributed by atoms with Crippen molar-refractivity contribution in [2.45, 2.75) is 45.2 Å². The van der Waals surface area contributed by atoms with Crippen molar-refractivity contribution < 1.29 is 32.3 Å². The van der Waals surface area contributed by atoms with Crippen LogP contribution in [0.1, 0.15) is 50.2 Å². The Balaban J connectivity index is 1.88. The number of carbonyl (C=O) groups excluding carboxylic acids is 3. The van der Waals surface area contributed by atoms with Crippen LogP contribution in [0.3, 0.4) is 0 Å². The number of carbonyl (C=O) groups is 3. The lowest BCUT2D eigenvalue weighted by molar-refractivity contribution is -0.152. The normalized spacial score (nSPS) is 17.7. The molecule has 1 fully saturated rings. The van der Waals surface area contributed by atoms with E-state index in [0.29, 0.717) is 24.9 Å². The molecule has 1 aromatic carbocycles. The van der Waals surface area contributed by atoms with Crippen LogP contribution in [-0.2, 0) is 25.3 Å². The summed E-state index contributed by atoms with van der Waals surface area (Å²) in [6, 6.07) is 4.74. The molecule has 2 rings (SSSR count). The van der Waals surface area contributed by atoms with Gasteiger partial charge in [-0.2, -0.15) is 13.2 Å². The second kappa shape index (κ2) is 10.6. The van der Waals surface area contributed by atoms with Crippen LogP contribution in [0.25, 0.3) is 0 Å². The summed E-state index contributed by atoms with van der Waals surface area (Å²) >= 11 is 0. The molecule has 1 saturated heterocycles. The molecule has 2 atom stereocenters. The summed E-state index contributed by atoms with van der Waals surface area (Å²) in [7, 11) is 1.52. The lowest BCUT2D eigenvalue weighted by Gasteiger charge is -2.32. The smallest absolute Gasteiger partial charge is 0.416 e. The maximum atomic E-state index is 12.7. The highest BCUT2D eigenvalue weighted by Gasteiger charge is 2.31. The van der Waals surface area contributed by atoms with Crippen LogP contribution in [0.15, 0.2) is 24.3 Å². The zero-order valence-corrected chi connectivity index (χ0v) is 18.1. The number of hydrogen-bond donors (Lipinski definition) is 0. The molecule has 31 heavy (non-hydrogen) atoms. The molecule has 0 saturated carbocycles. The summed E-state index contributed by atoms with van der Waals surface area (Å²) in [5.41, 5.74) is -0.116. The average molecular weight is 442 g/mol. The Morgan fingerprint density at radius 3 is 2.45 bits per heavy atom. The van der Waals surface area contributed by atoms with E-state index in [-0.39, 0.29) is 55.7 Å². The van der Waals surface area contributed by atoms with E-state index in [2.05, 4.69) is 0 Å². The minimum atomic E-state index is -4.40. The van der Waals surface area contributed by atoms with Crippen molar-refractivity contribution in [2.75, 3.05) is 33.3 Å². The predicted molar refractivity (Wildman–Crippen MR) is 108 cm³/mol. The van der Waals surface area contributed by atoms with Crippen LogP contribution in [-0.4, -0.2) is 60.9 Å². The van der Waals surface area contributed by atoms with Crippen molar-refractivity contribution in [3.8, 4) is 0 Å². The summed E-state index contributed by atoms with van der Waals surface area (Å²) in [5.74, 6) is -1.48. The minimum absolute atomic E-state index is 0.0700. The Labute approximate surface area is 180 Å². The lowest BCUT2D eigenvalue weighted by atomic mass is 9.96. The fraction of sp³-hybridized carbons (Fsp3) is 0.591. The van der Waals surface area contributed by atoms with Gasteiger partial charge >= 0.3 is 12.1 Å². The highest BCUT2D eigenvalue weighted by atomic mass is 19.4. The van der Waals surface area contributed by atoms with Gasteiger partial charge in [-0.1, -0.05) is 19.1 Å². The highest BCUT2D eigenvalue weighted by Crippen LogP contribution is 2.30. The SMILES string of the molecule is CCOC(=O)C1CCCN(C(=O)CN(C)C(=O)CC(C)c2ccc(C(F)(F)F)cc2)C1. The van der Waals surface area contributed by atoms with E-state index in [1.54, 1.807) is 18.7 Å². The van der Waals surface area contributed by atoms with Crippen molar-refractivity contribution in [2.24, 2.45) is 5.92 Å². The maximum absolute atomic E-state index is 12.7. The molecular formula is C22H29F3N2O4. The number of amides is 2. The van der Waals surface area contributed by atoms with Crippen molar-refractivity contribution in [3.05, 3.63) is 35.4 Å². The van der Waals surface area contributed by atoms with E-state index in [9.17, 15) is 27.6 Å². The molecule has 0 N–H and O–H groups in total. The second-order valence-corrected chi connectivity index (χ2v) is 7.91. The van der Waals surface area contributed by atoms with Gasteiger partial charge in [-0.15, -0.1) is 0 Å². The van der Waals surface area contributed by atoms with Crippen LogP contribution < -0.4 is 0 Å². The molecule has 0 aliphatic carbocycles. The third-order valence-electron chi connectivity index (χ3n) is 5.48. The monoisotopic (exact) mass is 442 g/mol. The molecule has 1 aliphatic rings. The third kappa shape index (κ3) is 6.97. The number of ether oxygens (including phenoxy) is 1. The molecule has 0 bridgehead atoms. The molecule has 0 spiro atoms. The minimum Gasteiger partial charge on any atom is -0.466 e. The number of piperidine rings is 1. The average Bonchev–Trinajstić information content (AvgIpc) is 2.73. The van der Waals surface area contributed by atoms with Crippen molar-refractivity contribution in [1.29, 1.82) is 0 Å². The molecule has 1 aromatic rings. The van der Waals surface area contributed by atoms with Crippen molar-refractivity contribution in [3.63, 3.8) is 0 Å². The van der Waals surface area contributed by atoms with Gasteiger partial charge in [-0.3, -0.25) is 14.4 Å². The number of nitrogens with zero attached hydrogens (tertiary/aromatic N) is 2. The molecule has 2 amide bonds. The van der Waals surface area contributed by atoms with Gasteiger partial charge in [0.25, 0.3) is 0 Å². The van der Waals surface area contributed by atoms with Gasteiger partial charge in [0.2, 0.25) is 11.8 Å². The van der Waals surface area contributed by atoms with Crippen LogP contribution in [0.2, 0.25) is 0 Å². The molecular weight excluding hydrogens is 413 g/mol. The molecule has 9 heteroatoms. The largest absolute Gasteiger partial charge is 0.466 e. The number of likely N-dealkylation sites (N-methyl/N-ethyl adjacent to an activating group) is 1. The topological polar surface area (TPSA) is 66.9 Å². The number of benzene rings is 1. The van der Waals surface area contributed by atoms with Gasteiger partial charge in [0.15, 0.2) is 0 Å². The molecule has 2 unspecified atom stereocenters.